The molecule has 0 aromatic heterocycles. The molecule has 0 aliphatic carbocycles. The van der Waals surface area contributed by atoms with Gasteiger partial charge in [-0.25, -0.2) is 0 Å². The Morgan fingerprint density at radius 2 is 2.00 bits per heavy atom. The van der Waals surface area contributed by atoms with E-state index in [0.717, 1.165) is 12.8 Å². The first-order chi connectivity index (χ1) is 6.06. The number of rotatable bonds is 6. The van der Waals surface area contributed by atoms with E-state index in [1.54, 1.807) is 6.92 Å². The summed E-state index contributed by atoms with van der Waals surface area (Å²) in [7, 11) is 0. The molecule has 0 aromatic carbocycles. The van der Waals surface area contributed by atoms with Crippen LogP contribution in [0.4, 0.5) is 0 Å². The minimum atomic E-state index is -0.931. The van der Waals surface area contributed by atoms with Crippen LogP contribution in [-0.4, -0.2) is 5.97 Å². The maximum absolute atomic E-state index is 10.8. The van der Waals surface area contributed by atoms with Crippen LogP contribution in [0.3, 0.4) is 0 Å². The largest absolute Gasteiger partial charge is 0.550 e. The van der Waals surface area contributed by atoms with E-state index in [9.17, 15) is 9.90 Å². The van der Waals surface area contributed by atoms with Crippen LogP contribution < -0.4 is 5.11 Å². The summed E-state index contributed by atoms with van der Waals surface area (Å²) in [5.74, 6) is -0.931. The third-order valence-electron chi connectivity index (χ3n) is 2.54. The SMILES string of the molecule is CC/C=C\CCC(C)(CC)C(=O)[O-]. The van der Waals surface area contributed by atoms with Crippen molar-refractivity contribution in [2.45, 2.75) is 46.5 Å². The molecule has 0 amide bonds. The van der Waals surface area contributed by atoms with Crippen molar-refractivity contribution in [1.82, 2.24) is 0 Å². The average Bonchev–Trinajstić information content (AvgIpc) is 2.12. The number of carboxylic acid groups (broad SMARTS) is 1. The quantitative estimate of drug-likeness (QED) is 0.590. The normalized spacial score (nSPS) is 15.9. The summed E-state index contributed by atoms with van der Waals surface area (Å²) in [6.07, 6.45) is 7.24. The second-order valence-corrected chi connectivity index (χ2v) is 3.62. The first-order valence-corrected chi connectivity index (χ1v) is 4.93. The number of allylic oxidation sites excluding steroid dienone is 2. The second kappa shape index (κ2) is 5.79. The molecule has 0 bridgehead atoms. The van der Waals surface area contributed by atoms with E-state index in [1.807, 2.05) is 13.0 Å². The molecule has 1 atom stereocenters. The number of carbonyl (C=O) groups is 1. The first-order valence-electron chi connectivity index (χ1n) is 4.93. The average molecular weight is 183 g/mol. The Morgan fingerprint density at radius 1 is 1.38 bits per heavy atom. The van der Waals surface area contributed by atoms with Gasteiger partial charge in [-0.05, 0) is 25.7 Å². The van der Waals surface area contributed by atoms with Crippen LogP contribution in [0.25, 0.3) is 0 Å². The molecular weight excluding hydrogens is 164 g/mol. The lowest BCUT2D eigenvalue weighted by atomic mass is 9.83. The van der Waals surface area contributed by atoms with Gasteiger partial charge in [-0.3, -0.25) is 0 Å². The molecule has 0 rings (SSSR count). The standard InChI is InChI=1S/C11H20O2/c1-4-6-7-8-9-11(3,5-2)10(12)13/h6-7H,4-5,8-9H2,1-3H3,(H,12,13)/p-1/b7-6-. The Bertz CT molecular complexity index is 185. The zero-order valence-electron chi connectivity index (χ0n) is 8.80. The van der Waals surface area contributed by atoms with Crippen molar-refractivity contribution in [3.8, 4) is 0 Å². The van der Waals surface area contributed by atoms with Crippen LogP contribution in [0.15, 0.2) is 12.2 Å². The van der Waals surface area contributed by atoms with Gasteiger partial charge in [-0.15, -0.1) is 0 Å². The van der Waals surface area contributed by atoms with Crippen LogP contribution in [0.2, 0.25) is 0 Å². The topological polar surface area (TPSA) is 40.1 Å². The van der Waals surface area contributed by atoms with Crippen molar-refractivity contribution >= 4 is 5.97 Å². The second-order valence-electron chi connectivity index (χ2n) is 3.62. The highest BCUT2D eigenvalue weighted by atomic mass is 16.4. The van der Waals surface area contributed by atoms with Gasteiger partial charge in [0.1, 0.15) is 0 Å². The molecular formula is C11H19O2-. The fourth-order valence-corrected chi connectivity index (χ4v) is 1.11. The van der Waals surface area contributed by atoms with Gasteiger partial charge in [-0.2, -0.15) is 0 Å². The zero-order valence-corrected chi connectivity index (χ0v) is 8.80. The summed E-state index contributed by atoms with van der Waals surface area (Å²) in [4.78, 5) is 10.8. The Hall–Kier alpha value is -0.790. The molecule has 0 radical (unpaired) electrons. The van der Waals surface area contributed by atoms with Gasteiger partial charge in [0.05, 0.1) is 0 Å². The van der Waals surface area contributed by atoms with Gasteiger partial charge in [0.15, 0.2) is 0 Å². The monoisotopic (exact) mass is 183 g/mol. The predicted octanol–water partition coefficient (Wildman–Crippen LogP) is 1.90. The molecule has 0 fully saturated rings. The fourth-order valence-electron chi connectivity index (χ4n) is 1.11. The minimum absolute atomic E-state index is 0.634. The molecule has 0 aliphatic rings. The van der Waals surface area contributed by atoms with Crippen LogP contribution in [-0.2, 0) is 4.79 Å². The molecule has 0 aromatic rings. The van der Waals surface area contributed by atoms with Gasteiger partial charge in [0.25, 0.3) is 0 Å². The summed E-state index contributed by atoms with van der Waals surface area (Å²) in [5, 5.41) is 10.8. The highest BCUT2D eigenvalue weighted by Crippen LogP contribution is 2.26. The number of hydrogen-bond donors (Lipinski definition) is 0. The summed E-state index contributed by atoms with van der Waals surface area (Å²) in [5.41, 5.74) is -0.655. The van der Waals surface area contributed by atoms with Gasteiger partial charge in [-0.1, -0.05) is 32.9 Å². The molecule has 1 unspecified atom stereocenters. The van der Waals surface area contributed by atoms with Crippen molar-refractivity contribution in [2.75, 3.05) is 0 Å². The van der Waals surface area contributed by atoms with E-state index in [4.69, 9.17) is 0 Å². The lowest BCUT2D eigenvalue weighted by Gasteiger charge is -2.28. The Labute approximate surface area is 80.7 Å². The summed E-state index contributed by atoms with van der Waals surface area (Å²) >= 11 is 0. The van der Waals surface area contributed by atoms with Crippen LogP contribution in [0, 0.1) is 5.41 Å². The fraction of sp³-hybridized carbons (Fsp3) is 0.727. The highest BCUT2D eigenvalue weighted by Gasteiger charge is 2.22. The molecule has 13 heavy (non-hydrogen) atoms. The lowest BCUT2D eigenvalue weighted by molar-refractivity contribution is -0.319. The lowest BCUT2D eigenvalue weighted by Crippen LogP contribution is -2.39. The van der Waals surface area contributed by atoms with E-state index in [2.05, 4.69) is 13.0 Å². The number of aliphatic carboxylic acids is 1. The van der Waals surface area contributed by atoms with Crippen molar-refractivity contribution in [3.63, 3.8) is 0 Å². The van der Waals surface area contributed by atoms with Gasteiger partial charge in [0.2, 0.25) is 0 Å². The third-order valence-corrected chi connectivity index (χ3v) is 2.54. The van der Waals surface area contributed by atoms with E-state index in [0.29, 0.717) is 12.8 Å². The number of carbonyl (C=O) groups excluding carboxylic acids is 1. The van der Waals surface area contributed by atoms with E-state index in [1.165, 1.54) is 0 Å². The molecule has 2 heteroatoms. The van der Waals surface area contributed by atoms with E-state index < -0.39 is 11.4 Å². The summed E-state index contributed by atoms with van der Waals surface area (Å²) < 4.78 is 0. The van der Waals surface area contributed by atoms with Gasteiger partial charge >= 0.3 is 0 Å². The molecule has 0 heterocycles. The molecule has 0 aliphatic heterocycles. The van der Waals surface area contributed by atoms with Crippen molar-refractivity contribution in [3.05, 3.63) is 12.2 Å². The van der Waals surface area contributed by atoms with Crippen LogP contribution >= 0.6 is 0 Å². The predicted molar refractivity (Wildman–Crippen MR) is 52.1 cm³/mol. The van der Waals surface area contributed by atoms with Crippen LogP contribution in [0.5, 0.6) is 0 Å². The zero-order chi connectivity index (χ0) is 10.3. The molecule has 0 saturated carbocycles. The third kappa shape index (κ3) is 4.11. The van der Waals surface area contributed by atoms with E-state index in [-0.39, 0.29) is 0 Å². The Balaban J connectivity index is 3.98. The Morgan fingerprint density at radius 3 is 2.38 bits per heavy atom. The highest BCUT2D eigenvalue weighted by molar-refractivity contribution is 5.71. The molecule has 2 nitrogen and oxygen atoms in total. The smallest absolute Gasteiger partial charge is 0.0473 e. The van der Waals surface area contributed by atoms with Gasteiger partial charge < -0.3 is 9.90 Å². The molecule has 0 N–H and O–H groups in total. The number of carboxylic acids is 1. The molecule has 76 valence electrons. The van der Waals surface area contributed by atoms with Crippen molar-refractivity contribution in [2.24, 2.45) is 5.41 Å². The first kappa shape index (κ1) is 12.2. The maximum Gasteiger partial charge on any atom is 0.0473 e. The Kier molecular flexibility index (Phi) is 5.44. The van der Waals surface area contributed by atoms with Crippen molar-refractivity contribution < 1.29 is 9.90 Å². The van der Waals surface area contributed by atoms with Crippen LogP contribution in [0.1, 0.15) is 46.5 Å². The van der Waals surface area contributed by atoms with Crippen molar-refractivity contribution in [1.29, 1.82) is 0 Å². The summed E-state index contributed by atoms with van der Waals surface area (Å²) in [6.45, 7) is 5.70. The van der Waals surface area contributed by atoms with E-state index >= 15 is 0 Å². The molecule has 0 saturated heterocycles. The minimum Gasteiger partial charge on any atom is -0.550 e. The number of hydrogen-bond acceptors (Lipinski definition) is 2. The maximum atomic E-state index is 10.8. The van der Waals surface area contributed by atoms with Gasteiger partial charge in [0, 0.05) is 11.4 Å². The summed E-state index contributed by atoms with van der Waals surface area (Å²) in [6, 6.07) is 0. The molecule has 0 spiro atoms.